The number of hydrogen-bond acceptors (Lipinski definition) is 3. The van der Waals surface area contributed by atoms with Gasteiger partial charge in [-0.15, -0.1) is 0 Å². The van der Waals surface area contributed by atoms with Gasteiger partial charge in [-0.25, -0.2) is 0 Å². The number of aromatic nitrogens is 1. The van der Waals surface area contributed by atoms with Crippen LogP contribution in [0.5, 0.6) is 11.5 Å². The third-order valence-electron chi connectivity index (χ3n) is 4.70. The minimum Gasteiger partial charge on any atom is -0.493 e. The molecule has 1 aromatic heterocycles. The van der Waals surface area contributed by atoms with Crippen molar-refractivity contribution in [3.63, 3.8) is 0 Å². The zero-order valence-electron chi connectivity index (χ0n) is 15.6. The van der Waals surface area contributed by atoms with Crippen LogP contribution in [0.25, 0.3) is 11.1 Å². The Kier molecular flexibility index (Phi) is 5.88. The Hall–Kier alpha value is -2.71. The Morgan fingerprint density at radius 2 is 1.74 bits per heavy atom. The van der Waals surface area contributed by atoms with Gasteiger partial charge >= 0.3 is 0 Å². The molecule has 27 heavy (non-hydrogen) atoms. The number of nitriles is 1. The third-order valence-corrected chi connectivity index (χ3v) is 5.44. The van der Waals surface area contributed by atoms with Crippen molar-refractivity contribution in [3.05, 3.63) is 70.0 Å². The first-order valence-electron chi connectivity index (χ1n) is 8.64. The highest BCUT2D eigenvalue weighted by Crippen LogP contribution is 2.34. The van der Waals surface area contributed by atoms with Crippen LogP contribution in [0.2, 0.25) is 0 Å². The van der Waals surface area contributed by atoms with Gasteiger partial charge in [0, 0.05) is 28.5 Å². The largest absolute Gasteiger partial charge is 0.493 e. The van der Waals surface area contributed by atoms with Crippen LogP contribution in [0.15, 0.2) is 53.1 Å². The average molecular weight is 425 g/mol. The maximum absolute atomic E-state index is 9.57. The molecule has 4 nitrogen and oxygen atoms in total. The molecule has 0 N–H and O–H groups in total. The summed E-state index contributed by atoms with van der Waals surface area (Å²) >= 11 is 3.62. The summed E-state index contributed by atoms with van der Waals surface area (Å²) in [5.74, 6) is 1.41. The van der Waals surface area contributed by atoms with Crippen molar-refractivity contribution in [1.29, 1.82) is 5.26 Å². The molecule has 0 bridgehead atoms. The fourth-order valence-corrected chi connectivity index (χ4v) is 3.79. The second-order valence-corrected chi connectivity index (χ2v) is 7.08. The molecule has 138 valence electrons. The van der Waals surface area contributed by atoms with E-state index in [2.05, 4.69) is 33.5 Å². The molecule has 0 fully saturated rings. The van der Waals surface area contributed by atoms with Gasteiger partial charge in [0.25, 0.3) is 0 Å². The summed E-state index contributed by atoms with van der Waals surface area (Å²) < 4.78 is 13.9. The first kappa shape index (κ1) is 19.1. The summed E-state index contributed by atoms with van der Waals surface area (Å²) in [5, 5.41) is 9.57. The molecule has 0 radical (unpaired) electrons. The Bertz CT molecular complexity index is 988. The zero-order chi connectivity index (χ0) is 19.4. The number of nitrogens with zero attached hydrogens (tertiary/aromatic N) is 2. The van der Waals surface area contributed by atoms with E-state index in [0.717, 1.165) is 39.8 Å². The minimum atomic E-state index is 0.698. The minimum absolute atomic E-state index is 0.698. The smallest absolute Gasteiger partial charge is 0.161 e. The number of rotatable bonds is 6. The highest BCUT2D eigenvalue weighted by atomic mass is 79.9. The van der Waals surface area contributed by atoms with E-state index >= 15 is 0 Å². The van der Waals surface area contributed by atoms with Crippen molar-refractivity contribution >= 4 is 15.9 Å². The highest BCUT2D eigenvalue weighted by molar-refractivity contribution is 9.10. The van der Waals surface area contributed by atoms with Gasteiger partial charge in [0.15, 0.2) is 11.5 Å². The molecule has 0 saturated carbocycles. The Morgan fingerprint density at radius 1 is 1.07 bits per heavy atom. The first-order valence-corrected chi connectivity index (χ1v) is 9.44. The summed E-state index contributed by atoms with van der Waals surface area (Å²) in [6.07, 6.45) is 2.74. The number of halogens is 1. The van der Waals surface area contributed by atoms with E-state index < -0.39 is 0 Å². The van der Waals surface area contributed by atoms with E-state index in [0.29, 0.717) is 17.1 Å². The molecular formula is C22H21BrN2O2. The number of benzene rings is 2. The average Bonchev–Trinajstić information content (AvgIpc) is 3.02. The number of aryl methyl sites for hydroxylation is 2. The van der Waals surface area contributed by atoms with Crippen LogP contribution in [0.1, 0.15) is 16.8 Å². The van der Waals surface area contributed by atoms with Gasteiger partial charge < -0.3 is 14.0 Å². The van der Waals surface area contributed by atoms with Crippen molar-refractivity contribution in [3.8, 4) is 28.7 Å². The molecule has 0 unspecified atom stereocenters. The molecule has 0 aliphatic rings. The van der Waals surface area contributed by atoms with Crippen LogP contribution in [0, 0.1) is 18.3 Å². The van der Waals surface area contributed by atoms with Gasteiger partial charge in [-0.3, -0.25) is 0 Å². The maximum Gasteiger partial charge on any atom is 0.161 e. The van der Waals surface area contributed by atoms with Gasteiger partial charge in [0.05, 0.1) is 19.8 Å². The fraction of sp³-hybridized carbons (Fsp3) is 0.227. The lowest BCUT2D eigenvalue weighted by molar-refractivity contribution is 0.354. The highest BCUT2D eigenvalue weighted by Gasteiger charge is 2.15. The van der Waals surface area contributed by atoms with Crippen molar-refractivity contribution in [1.82, 2.24) is 4.57 Å². The predicted octanol–water partition coefficient (Wildman–Crippen LogP) is 5.36. The number of hydrogen-bond donors (Lipinski definition) is 0. The monoisotopic (exact) mass is 424 g/mol. The van der Waals surface area contributed by atoms with Gasteiger partial charge in [-0.2, -0.15) is 5.26 Å². The third kappa shape index (κ3) is 3.86. The van der Waals surface area contributed by atoms with Crippen LogP contribution in [0.3, 0.4) is 0 Å². The van der Waals surface area contributed by atoms with Crippen molar-refractivity contribution in [2.75, 3.05) is 14.2 Å². The summed E-state index contributed by atoms with van der Waals surface area (Å²) in [4.78, 5) is 0. The molecule has 3 aromatic rings. The van der Waals surface area contributed by atoms with Crippen molar-refractivity contribution in [2.24, 2.45) is 0 Å². The molecule has 0 amide bonds. The number of methoxy groups -OCH3 is 2. The van der Waals surface area contributed by atoms with E-state index in [1.165, 1.54) is 0 Å². The van der Waals surface area contributed by atoms with E-state index in [-0.39, 0.29) is 0 Å². The molecule has 1 heterocycles. The van der Waals surface area contributed by atoms with E-state index in [1.54, 1.807) is 14.2 Å². The van der Waals surface area contributed by atoms with Crippen LogP contribution < -0.4 is 9.47 Å². The second kappa shape index (κ2) is 8.32. The van der Waals surface area contributed by atoms with E-state index in [4.69, 9.17) is 9.47 Å². The Balaban J connectivity index is 1.90. The molecule has 0 aliphatic carbocycles. The standard InChI is InChI=1S/C22H21BrN2O2/c1-15-22(16-7-5-4-6-8-16)18(13-24)14-25(15)10-9-17-11-20(26-2)21(27-3)12-19(17)23/h4-8,11-12,14H,9-10H2,1-3H3. The van der Waals surface area contributed by atoms with Crippen molar-refractivity contribution < 1.29 is 9.47 Å². The quantitative estimate of drug-likeness (QED) is 0.535. The second-order valence-electron chi connectivity index (χ2n) is 6.22. The Morgan fingerprint density at radius 3 is 2.37 bits per heavy atom. The summed E-state index contributed by atoms with van der Waals surface area (Å²) in [6, 6.07) is 16.3. The topological polar surface area (TPSA) is 47.2 Å². The molecule has 0 spiro atoms. The maximum atomic E-state index is 9.57. The first-order chi connectivity index (χ1) is 13.1. The predicted molar refractivity (Wildman–Crippen MR) is 110 cm³/mol. The summed E-state index contributed by atoms with van der Waals surface area (Å²) in [6.45, 7) is 2.83. The van der Waals surface area contributed by atoms with Crippen LogP contribution in [0.4, 0.5) is 0 Å². The summed E-state index contributed by atoms with van der Waals surface area (Å²) in [5.41, 5.74) is 4.99. The van der Waals surface area contributed by atoms with Crippen LogP contribution in [-0.4, -0.2) is 18.8 Å². The van der Waals surface area contributed by atoms with Gasteiger partial charge in [0.1, 0.15) is 6.07 Å². The lowest BCUT2D eigenvalue weighted by Crippen LogP contribution is -2.03. The van der Waals surface area contributed by atoms with E-state index in [1.807, 2.05) is 48.7 Å². The lowest BCUT2D eigenvalue weighted by Gasteiger charge is -2.13. The number of ether oxygens (including phenoxy) is 2. The molecule has 0 aliphatic heterocycles. The Labute approximate surface area is 168 Å². The van der Waals surface area contributed by atoms with Gasteiger partial charge in [0.2, 0.25) is 0 Å². The SMILES string of the molecule is COc1cc(Br)c(CCn2cc(C#N)c(-c3ccccc3)c2C)cc1OC. The normalized spacial score (nSPS) is 10.5. The fourth-order valence-electron chi connectivity index (χ4n) is 3.27. The molecule has 2 aromatic carbocycles. The lowest BCUT2D eigenvalue weighted by atomic mass is 10.0. The van der Waals surface area contributed by atoms with E-state index in [9.17, 15) is 5.26 Å². The van der Waals surface area contributed by atoms with Crippen LogP contribution in [-0.2, 0) is 13.0 Å². The van der Waals surface area contributed by atoms with Crippen LogP contribution >= 0.6 is 15.9 Å². The van der Waals surface area contributed by atoms with Crippen molar-refractivity contribution in [2.45, 2.75) is 19.9 Å². The molecular weight excluding hydrogens is 404 g/mol. The van der Waals surface area contributed by atoms with Gasteiger partial charge in [-0.1, -0.05) is 46.3 Å². The molecule has 3 rings (SSSR count). The molecule has 0 saturated heterocycles. The molecule has 5 heteroatoms. The zero-order valence-corrected chi connectivity index (χ0v) is 17.2. The van der Waals surface area contributed by atoms with Gasteiger partial charge in [-0.05, 0) is 36.6 Å². The summed E-state index contributed by atoms with van der Waals surface area (Å²) in [7, 11) is 3.26. The molecule has 0 atom stereocenters.